The topological polar surface area (TPSA) is 114 Å². The number of halogens is 1. The number of benzene rings is 6. The molecule has 61 heavy (non-hydrogen) atoms. The van der Waals surface area contributed by atoms with Crippen LogP contribution in [0.3, 0.4) is 0 Å². The van der Waals surface area contributed by atoms with Crippen LogP contribution in [0.15, 0.2) is 126 Å². The van der Waals surface area contributed by atoms with Gasteiger partial charge in [-0.25, -0.2) is 9.59 Å². The molecule has 0 aliphatic carbocycles. The average Bonchev–Trinajstić information content (AvgIpc) is 3.28. The van der Waals surface area contributed by atoms with Crippen molar-refractivity contribution in [1.29, 1.82) is 0 Å². The zero-order valence-electron chi connectivity index (χ0n) is 35.4. The van der Waals surface area contributed by atoms with Crippen LogP contribution in [0.4, 0.5) is 17.1 Å². The number of piperidine rings is 1. The number of methoxy groups -OCH3 is 2. The van der Waals surface area contributed by atoms with E-state index in [0.717, 1.165) is 67.8 Å². The molecule has 1 aliphatic rings. The third-order valence-electron chi connectivity index (χ3n) is 10.8. The molecule has 2 N–H and O–H groups in total. The third kappa shape index (κ3) is 10.6. The van der Waals surface area contributed by atoms with E-state index in [4.69, 9.17) is 9.47 Å². The number of amides is 2. The highest BCUT2D eigenvalue weighted by Crippen LogP contribution is 2.33. The summed E-state index contributed by atoms with van der Waals surface area (Å²) in [5.41, 5.74) is 11.2. The first-order valence-electron chi connectivity index (χ1n) is 20.2. The molecule has 1 heterocycles. The number of aryl methyl sites for hydroxylation is 4. The molecule has 1 saturated heterocycles. The zero-order valence-corrected chi connectivity index (χ0v) is 36.9. The molecule has 2 amide bonds. The second kappa shape index (κ2) is 20.2. The van der Waals surface area contributed by atoms with Gasteiger partial charge in [0.2, 0.25) is 0 Å². The molecule has 0 radical (unpaired) electrons. The van der Waals surface area contributed by atoms with E-state index in [2.05, 4.69) is 37.5 Å². The minimum atomic E-state index is -0.496. The maximum Gasteiger partial charge on any atom is 0.339 e. The lowest BCUT2D eigenvalue weighted by Crippen LogP contribution is -2.29. The van der Waals surface area contributed by atoms with Crippen molar-refractivity contribution in [2.45, 2.75) is 47.0 Å². The SMILES string of the molecule is COC(=O)c1cc(C)c(-c2ccccc2)cc1NC(=O)c1cc(Br)ccc1C.COC(=O)c1cc(C)c(-c2ccccc2)cc1NC(=O)c1cc(N2CCCCC2)ccc1C. The Morgan fingerprint density at radius 3 is 1.41 bits per heavy atom. The van der Waals surface area contributed by atoms with Crippen LogP contribution in [-0.4, -0.2) is 51.1 Å². The summed E-state index contributed by atoms with van der Waals surface area (Å²) in [6, 6.07) is 38.5. The lowest BCUT2D eigenvalue weighted by molar-refractivity contribution is 0.0592. The maximum absolute atomic E-state index is 13.4. The number of carbonyl (C=O) groups is 4. The number of rotatable bonds is 9. The van der Waals surface area contributed by atoms with Crippen LogP contribution in [0.2, 0.25) is 0 Å². The molecule has 0 unspecified atom stereocenters. The van der Waals surface area contributed by atoms with Crippen LogP contribution in [0.1, 0.15) is 82.9 Å². The van der Waals surface area contributed by atoms with Gasteiger partial charge >= 0.3 is 11.9 Å². The second-order valence-electron chi connectivity index (χ2n) is 15.1. The van der Waals surface area contributed by atoms with Crippen molar-refractivity contribution in [3.8, 4) is 22.3 Å². The van der Waals surface area contributed by atoms with Gasteiger partial charge in [0, 0.05) is 34.4 Å². The van der Waals surface area contributed by atoms with Gasteiger partial charge in [-0.15, -0.1) is 0 Å². The first kappa shape index (κ1) is 44.0. The lowest BCUT2D eigenvalue weighted by Gasteiger charge is -2.29. The lowest BCUT2D eigenvalue weighted by atomic mass is 9.96. The summed E-state index contributed by atoms with van der Waals surface area (Å²) in [6.45, 7) is 9.70. The van der Waals surface area contributed by atoms with Crippen LogP contribution >= 0.6 is 15.9 Å². The molecule has 9 nitrogen and oxygen atoms in total. The number of esters is 2. The van der Waals surface area contributed by atoms with Crippen molar-refractivity contribution < 1.29 is 28.7 Å². The molecule has 0 atom stereocenters. The van der Waals surface area contributed by atoms with Crippen molar-refractivity contribution in [2.24, 2.45) is 0 Å². The standard InChI is InChI=1S/C28H30N2O3.C23H20BrNO3/c1-19-12-13-22(30-14-8-5-9-15-30)17-24(19)27(31)29-26-18-23(21-10-6-4-7-11-21)20(2)16-25(26)28(32)33-3;1-14-9-10-17(24)12-19(14)22(26)25-21-13-18(16-7-5-4-6-8-16)15(2)11-20(21)23(27)28-3/h4,6-7,10-13,16-18H,5,8-9,14-15H2,1-3H3,(H,29,31);4-13H,1-3H3,(H,25,26). The van der Waals surface area contributed by atoms with Crippen molar-refractivity contribution in [3.63, 3.8) is 0 Å². The molecule has 0 spiro atoms. The Kier molecular flexibility index (Phi) is 14.6. The smallest absolute Gasteiger partial charge is 0.339 e. The zero-order chi connectivity index (χ0) is 43.6. The number of ether oxygens (including phenoxy) is 2. The maximum atomic E-state index is 13.4. The van der Waals surface area contributed by atoms with E-state index in [9.17, 15) is 19.2 Å². The van der Waals surface area contributed by atoms with E-state index in [0.29, 0.717) is 33.6 Å². The molecule has 1 aliphatic heterocycles. The Morgan fingerprint density at radius 2 is 0.951 bits per heavy atom. The summed E-state index contributed by atoms with van der Waals surface area (Å²) in [5, 5.41) is 5.88. The van der Waals surface area contributed by atoms with Gasteiger partial charge in [0.15, 0.2) is 0 Å². The highest BCUT2D eigenvalue weighted by atomic mass is 79.9. The molecule has 6 aromatic carbocycles. The second-order valence-corrected chi connectivity index (χ2v) is 16.0. The molecular weight excluding hydrogens is 830 g/mol. The van der Waals surface area contributed by atoms with Gasteiger partial charge in [-0.2, -0.15) is 0 Å². The van der Waals surface area contributed by atoms with Crippen LogP contribution in [0.25, 0.3) is 22.3 Å². The van der Waals surface area contributed by atoms with E-state index in [1.54, 1.807) is 18.2 Å². The van der Waals surface area contributed by atoms with Crippen molar-refractivity contribution in [2.75, 3.05) is 42.8 Å². The van der Waals surface area contributed by atoms with E-state index in [1.807, 2.05) is 125 Å². The molecule has 1 fully saturated rings. The fraction of sp³-hybridized carbons (Fsp3) is 0.216. The number of carbonyl (C=O) groups excluding carboxylic acids is 4. The number of hydrogen-bond donors (Lipinski definition) is 2. The number of nitrogens with one attached hydrogen (secondary N) is 2. The van der Waals surface area contributed by atoms with Gasteiger partial charge in [0.05, 0.1) is 36.7 Å². The fourth-order valence-electron chi connectivity index (χ4n) is 7.46. The molecular formula is C51H50BrN3O6. The van der Waals surface area contributed by atoms with Crippen molar-refractivity contribution >= 4 is 56.7 Å². The Bertz CT molecular complexity index is 2570. The van der Waals surface area contributed by atoms with Gasteiger partial charge < -0.3 is 25.0 Å². The van der Waals surface area contributed by atoms with Crippen LogP contribution in [0, 0.1) is 27.7 Å². The fourth-order valence-corrected chi connectivity index (χ4v) is 7.82. The quantitative estimate of drug-likeness (QED) is 0.139. The van der Waals surface area contributed by atoms with E-state index < -0.39 is 11.9 Å². The first-order valence-corrected chi connectivity index (χ1v) is 21.0. The summed E-state index contributed by atoms with van der Waals surface area (Å²) in [6.07, 6.45) is 3.59. The summed E-state index contributed by atoms with van der Waals surface area (Å²) in [7, 11) is 2.67. The van der Waals surface area contributed by atoms with Gasteiger partial charge in [-0.1, -0.05) is 88.7 Å². The number of anilines is 3. The molecule has 10 heteroatoms. The number of nitrogens with zero attached hydrogens (tertiary/aromatic N) is 1. The third-order valence-corrected chi connectivity index (χ3v) is 11.3. The van der Waals surface area contributed by atoms with Crippen LogP contribution < -0.4 is 15.5 Å². The summed E-state index contributed by atoms with van der Waals surface area (Å²) in [4.78, 5) is 53.4. The predicted molar refractivity (Wildman–Crippen MR) is 248 cm³/mol. The van der Waals surface area contributed by atoms with E-state index >= 15 is 0 Å². The Labute approximate surface area is 366 Å². The monoisotopic (exact) mass is 879 g/mol. The first-order chi connectivity index (χ1) is 29.4. The van der Waals surface area contributed by atoms with Crippen molar-refractivity contribution in [3.05, 3.63) is 170 Å². The number of hydrogen-bond acceptors (Lipinski definition) is 7. The molecule has 0 bridgehead atoms. The molecule has 0 aromatic heterocycles. The average molecular weight is 881 g/mol. The summed E-state index contributed by atoms with van der Waals surface area (Å²) < 4.78 is 10.7. The Morgan fingerprint density at radius 1 is 0.508 bits per heavy atom. The van der Waals surface area contributed by atoms with Crippen LogP contribution in [0.5, 0.6) is 0 Å². The summed E-state index contributed by atoms with van der Waals surface area (Å²) in [5.74, 6) is -1.50. The minimum absolute atomic E-state index is 0.237. The molecule has 7 rings (SSSR count). The van der Waals surface area contributed by atoms with Crippen LogP contribution in [-0.2, 0) is 9.47 Å². The highest BCUT2D eigenvalue weighted by Gasteiger charge is 2.22. The predicted octanol–water partition coefficient (Wildman–Crippen LogP) is 11.8. The molecule has 6 aromatic rings. The van der Waals surface area contributed by atoms with Gasteiger partial charge in [0.25, 0.3) is 11.8 Å². The van der Waals surface area contributed by atoms with Gasteiger partial charge in [-0.05, 0) is 140 Å². The Hall–Kier alpha value is -6.52. The largest absolute Gasteiger partial charge is 0.465 e. The minimum Gasteiger partial charge on any atom is -0.465 e. The van der Waals surface area contributed by atoms with Gasteiger partial charge in [-0.3, -0.25) is 9.59 Å². The van der Waals surface area contributed by atoms with E-state index in [-0.39, 0.29) is 11.8 Å². The van der Waals surface area contributed by atoms with E-state index in [1.165, 1.54) is 33.5 Å². The van der Waals surface area contributed by atoms with Gasteiger partial charge in [0.1, 0.15) is 0 Å². The van der Waals surface area contributed by atoms with Crippen molar-refractivity contribution in [1.82, 2.24) is 0 Å². The normalized spacial score (nSPS) is 12.1. The summed E-state index contributed by atoms with van der Waals surface area (Å²) >= 11 is 3.40. The Balaban J connectivity index is 0.000000207. The molecule has 0 saturated carbocycles. The highest BCUT2D eigenvalue weighted by molar-refractivity contribution is 9.10. The molecule has 312 valence electrons.